The fourth-order valence-corrected chi connectivity index (χ4v) is 2.76. The van der Waals surface area contributed by atoms with Crippen molar-refractivity contribution in [2.24, 2.45) is 11.3 Å². The molecule has 1 aromatic rings. The summed E-state index contributed by atoms with van der Waals surface area (Å²) >= 11 is 0. The van der Waals surface area contributed by atoms with Crippen molar-refractivity contribution in [1.29, 1.82) is 0 Å². The van der Waals surface area contributed by atoms with Crippen LogP contribution in [0.1, 0.15) is 24.8 Å². The molecule has 2 fully saturated rings. The van der Waals surface area contributed by atoms with Gasteiger partial charge < -0.3 is 5.32 Å². The van der Waals surface area contributed by atoms with Gasteiger partial charge >= 0.3 is 0 Å². The third kappa shape index (κ3) is 2.53. The molecule has 18 heavy (non-hydrogen) atoms. The molecular formula is C15H17ClFN. The van der Waals surface area contributed by atoms with Gasteiger partial charge in [-0.2, -0.15) is 0 Å². The molecule has 1 heterocycles. The molecule has 1 atom stereocenters. The molecule has 0 amide bonds. The molecule has 1 saturated carbocycles. The normalized spacial score (nSPS) is 23.7. The lowest BCUT2D eigenvalue weighted by Crippen LogP contribution is -2.29. The van der Waals surface area contributed by atoms with E-state index in [0.717, 1.165) is 13.1 Å². The minimum absolute atomic E-state index is 0. The number of halogens is 2. The maximum absolute atomic E-state index is 13.4. The summed E-state index contributed by atoms with van der Waals surface area (Å²) < 4.78 is 13.4. The lowest BCUT2D eigenvalue weighted by Gasteiger charge is -2.22. The van der Waals surface area contributed by atoms with E-state index in [1.807, 2.05) is 6.07 Å². The molecular weight excluding hydrogens is 249 g/mol. The Kier molecular flexibility index (Phi) is 3.94. The van der Waals surface area contributed by atoms with Gasteiger partial charge in [-0.05, 0) is 49.9 Å². The van der Waals surface area contributed by atoms with Gasteiger partial charge in [0.15, 0.2) is 0 Å². The van der Waals surface area contributed by atoms with Gasteiger partial charge in [-0.3, -0.25) is 0 Å². The maximum Gasteiger partial charge on any atom is 0.138 e. The molecule has 2 aliphatic rings. The minimum Gasteiger partial charge on any atom is -0.317 e. The van der Waals surface area contributed by atoms with Crippen LogP contribution >= 0.6 is 12.4 Å². The Bertz CT molecular complexity index is 483. The summed E-state index contributed by atoms with van der Waals surface area (Å²) in [6, 6.07) is 6.75. The maximum atomic E-state index is 13.4. The predicted molar refractivity (Wildman–Crippen MR) is 73.2 cm³/mol. The number of nitrogens with one attached hydrogen (secondary N) is 1. The number of rotatable bonds is 0. The van der Waals surface area contributed by atoms with Crippen molar-refractivity contribution in [3.8, 4) is 11.8 Å². The highest BCUT2D eigenvalue weighted by atomic mass is 35.5. The van der Waals surface area contributed by atoms with E-state index in [-0.39, 0.29) is 18.2 Å². The van der Waals surface area contributed by atoms with Gasteiger partial charge in [0.25, 0.3) is 0 Å². The Morgan fingerprint density at radius 3 is 2.67 bits per heavy atom. The van der Waals surface area contributed by atoms with Crippen LogP contribution in [0.2, 0.25) is 0 Å². The first-order valence-corrected chi connectivity index (χ1v) is 6.27. The van der Waals surface area contributed by atoms with Crippen LogP contribution in [-0.4, -0.2) is 13.1 Å². The molecule has 0 aromatic heterocycles. The summed E-state index contributed by atoms with van der Waals surface area (Å²) in [6.45, 7) is 2.22. The number of benzene rings is 1. The van der Waals surface area contributed by atoms with Gasteiger partial charge in [0, 0.05) is 5.92 Å². The van der Waals surface area contributed by atoms with Crippen molar-refractivity contribution >= 4 is 12.4 Å². The van der Waals surface area contributed by atoms with Gasteiger partial charge in [0.05, 0.1) is 5.56 Å². The second kappa shape index (κ2) is 5.30. The smallest absolute Gasteiger partial charge is 0.138 e. The van der Waals surface area contributed by atoms with E-state index in [0.29, 0.717) is 16.9 Å². The van der Waals surface area contributed by atoms with Gasteiger partial charge in [-0.1, -0.05) is 24.0 Å². The fraction of sp³-hybridized carbons (Fsp3) is 0.467. The fourth-order valence-electron chi connectivity index (χ4n) is 2.76. The first kappa shape index (κ1) is 13.4. The van der Waals surface area contributed by atoms with Crippen molar-refractivity contribution in [3.05, 3.63) is 35.6 Å². The SMILES string of the molecule is Cl.Fc1ccccc1C#CC1CC12CCNCC2. The summed E-state index contributed by atoms with van der Waals surface area (Å²) in [4.78, 5) is 0. The van der Waals surface area contributed by atoms with E-state index in [2.05, 4.69) is 17.2 Å². The second-order valence-electron chi connectivity index (χ2n) is 5.12. The highest BCUT2D eigenvalue weighted by Crippen LogP contribution is 2.58. The van der Waals surface area contributed by atoms with Gasteiger partial charge in [-0.15, -0.1) is 12.4 Å². The molecule has 1 saturated heterocycles. The Balaban J connectivity index is 0.00000120. The average molecular weight is 266 g/mol. The highest BCUT2D eigenvalue weighted by Gasteiger charge is 2.53. The third-order valence-electron chi connectivity index (χ3n) is 4.04. The predicted octanol–water partition coefficient (Wildman–Crippen LogP) is 2.99. The first-order chi connectivity index (χ1) is 8.30. The van der Waals surface area contributed by atoms with E-state index in [9.17, 15) is 4.39 Å². The van der Waals surface area contributed by atoms with E-state index < -0.39 is 0 Å². The molecule has 0 bridgehead atoms. The Morgan fingerprint density at radius 1 is 1.22 bits per heavy atom. The monoisotopic (exact) mass is 265 g/mol. The molecule has 1 aliphatic carbocycles. The van der Waals surface area contributed by atoms with Gasteiger partial charge in [0.2, 0.25) is 0 Å². The standard InChI is InChI=1S/C15H16FN.ClH/c16-14-4-2-1-3-12(14)5-6-13-11-15(13)7-9-17-10-8-15;/h1-4,13,17H,7-11H2;1H. The molecule has 1 aliphatic heterocycles. The third-order valence-corrected chi connectivity index (χ3v) is 4.04. The molecule has 96 valence electrons. The van der Waals surface area contributed by atoms with Crippen LogP contribution in [0, 0.1) is 29.0 Å². The Hall–Kier alpha value is -1.04. The zero-order valence-electron chi connectivity index (χ0n) is 10.2. The summed E-state index contributed by atoms with van der Waals surface area (Å²) in [6.07, 6.45) is 3.66. The summed E-state index contributed by atoms with van der Waals surface area (Å²) in [5, 5.41) is 3.38. The highest BCUT2D eigenvalue weighted by molar-refractivity contribution is 5.85. The second-order valence-corrected chi connectivity index (χ2v) is 5.12. The van der Waals surface area contributed by atoms with Crippen LogP contribution in [0.25, 0.3) is 0 Å². The zero-order valence-corrected chi connectivity index (χ0v) is 11.0. The molecule has 1 aromatic carbocycles. The van der Waals surface area contributed by atoms with Crippen molar-refractivity contribution in [2.75, 3.05) is 13.1 Å². The Labute approximate surface area is 114 Å². The van der Waals surface area contributed by atoms with Gasteiger partial charge in [0.1, 0.15) is 5.82 Å². The van der Waals surface area contributed by atoms with E-state index in [4.69, 9.17) is 0 Å². The molecule has 3 heteroatoms. The van der Waals surface area contributed by atoms with Crippen LogP contribution in [0.4, 0.5) is 4.39 Å². The van der Waals surface area contributed by atoms with E-state index in [1.165, 1.54) is 25.3 Å². The quantitative estimate of drug-likeness (QED) is 0.711. The van der Waals surface area contributed by atoms with Crippen LogP contribution in [0.3, 0.4) is 0 Å². The van der Waals surface area contributed by atoms with E-state index in [1.54, 1.807) is 12.1 Å². The topological polar surface area (TPSA) is 12.0 Å². The van der Waals surface area contributed by atoms with Crippen molar-refractivity contribution in [3.63, 3.8) is 0 Å². The average Bonchev–Trinajstić information content (AvgIpc) is 3.02. The molecule has 3 rings (SSSR count). The van der Waals surface area contributed by atoms with Crippen LogP contribution < -0.4 is 5.32 Å². The molecule has 1 nitrogen and oxygen atoms in total. The summed E-state index contributed by atoms with van der Waals surface area (Å²) in [5.41, 5.74) is 0.993. The zero-order chi connectivity index (χ0) is 11.7. The molecule has 0 radical (unpaired) electrons. The molecule has 1 spiro atoms. The van der Waals surface area contributed by atoms with Crippen molar-refractivity contribution < 1.29 is 4.39 Å². The number of hydrogen-bond donors (Lipinski definition) is 1. The molecule has 1 unspecified atom stereocenters. The lowest BCUT2D eigenvalue weighted by atomic mass is 9.92. The summed E-state index contributed by atoms with van der Waals surface area (Å²) in [5.74, 6) is 6.54. The summed E-state index contributed by atoms with van der Waals surface area (Å²) in [7, 11) is 0. The van der Waals surface area contributed by atoms with Crippen molar-refractivity contribution in [1.82, 2.24) is 5.32 Å². The number of piperidine rings is 1. The number of hydrogen-bond acceptors (Lipinski definition) is 1. The van der Waals surface area contributed by atoms with Crippen LogP contribution in [-0.2, 0) is 0 Å². The van der Waals surface area contributed by atoms with Crippen LogP contribution in [0.5, 0.6) is 0 Å². The van der Waals surface area contributed by atoms with Crippen LogP contribution in [0.15, 0.2) is 24.3 Å². The first-order valence-electron chi connectivity index (χ1n) is 6.27. The minimum atomic E-state index is -0.208. The Morgan fingerprint density at radius 2 is 1.94 bits per heavy atom. The van der Waals surface area contributed by atoms with E-state index >= 15 is 0 Å². The molecule has 1 N–H and O–H groups in total. The van der Waals surface area contributed by atoms with Crippen molar-refractivity contribution in [2.45, 2.75) is 19.3 Å². The lowest BCUT2D eigenvalue weighted by molar-refractivity contribution is 0.339. The largest absolute Gasteiger partial charge is 0.317 e. The van der Waals surface area contributed by atoms with Gasteiger partial charge in [-0.25, -0.2) is 4.39 Å².